The zero-order valence-corrected chi connectivity index (χ0v) is 14.7. The molecule has 0 heterocycles. The molecule has 3 atom stereocenters. The molecule has 0 aromatic heterocycles. The van der Waals surface area contributed by atoms with Crippen LogP contribution in [0.1, 0.15) is 49.0 Å². The predicted molar refractivity (Wildman–Crippen MR) is 90.3 cm³/mol. The van der Waals surface area contributed by atoms with Crippen molar-refractivity contribution in [1.29, 1.82) is 0 Å². The van der Waals surface area contributed by atoms with Gasteiger partial charge >= 0.3 is 5.97 Å². The number of methoxy groups -OCH3 is 1. The average Bonchev–Trinajstić information content (AvgIpc) is 2.51. The van der Waals surface area contributed by atoms with Gasteiger partial charge in [0.2, 0.25) is 0 Å². The molecule has 0 radical (unpaired) electrons. The molecule has 2 rings (SSSR count). The number of allylic oxidation sites excluding steroid dienone is 1. The maximum absolute atomic E-state index is 12.2. The summed E-state index contributed by atoms with van der Waals surface area (Å²) in [7, 11) is 1.27. The molecule has 1 aromatic carbocycles. The number of hydrogen-bond acceptors (Lipinski definition) is 6. The van der Waals surface area contributed by atoms with Gasteiger partial charge in [0.15, 0.2) is 5.78 Å². The Bertz CT molecular complexity index is 742. The topological polar surface area (TPSA) is 101 Å². The van der Waals surface area contributed by atoms with Gasteiger partial charge in [-0.25, -0.2) is 4.79 Å². The molecule has 0 saturated carbocycles. The highest BCUT2D eigenvalue weighted by molar-refractivity contribution is 5.98. The summed E-state index contributed by atoms with van der Waals surface area (Å²) in [6, 6.07) is 6.25. The Morgan fingerprint density at radius 3 is 2.16 bits per heavy atom. The Kier molecular flexibility index (Phi) is 5.13. The Labute approximate surface area is 146 Å². The average molecular weight is 346 g/mol. The highest BCUT2D eigenvalue weighted by atomic mass is 16.5. The maximum atomic E-state index is 12.2. The van der Waals surface area contributed by atoms with Gasteiger partial charge in [0.05, 0.1) is 24.2 Å². The summed E-state index contributed by atoms with van der Waals surface area (Å²) in [5, 5.41) is 21.0. The van der Waals surface area contributed by atoms with Crippen LogP contribution in [0.4, 0.5) is 0 Å². The molecule has 0 saturated heterocycles. The standard InChI is InChI=1S/C19H22O6/c1-10(20)15-14(22)9-19(3,24)17(11(2)21)16(15)12-5-7-13(8-6-12)18(23)25-4/h5-8,16-17,22,24H,9H2,1-4H3/t16-,17-,19-/m0/s1. The predicted octanol–water partition coefficient (Wildman–Crippen LogP) is 2.32. The second-order valence-electron chi connectivity index (χ2n) is 6.63. The molecule has 134 valence electrons. The molecule has 6 heteroatoms. The molecule has 25 heavy (non-hydrogen) atoms. The number of Topliss-reactive ketones (excluding diaryl/α,β-unsaturated/α-hetero) is 2. The summed E-state index contributed by atoms with van der Waals surface area (Å²) >= 11 is 0. The van der Waals surface area contributed by atoms with Gasteiger partial charge in [-0.15, -0.1) is 0 Å². The van der Waals surface area contributed by atoms with E-state index < -0.39 is 23.4 Å². The van der Waals surface area contributed by atoms with Gasteiger partial charge in [-0.3, -0.25) is 9.59 Å². The molecular weight excluding hydrogens is 324 g/mol. The number of hydrogen-bond donors (Lipinski definition) is 2. The van der Waals surface area contributed by atoms with E-state index in [0.717, 1.165) is 0 Å². The monoisotopic (exact) mass is 346 g/mol. The third kappa shape index (κ3) is 3.49. The van der Waals surface area contributed by atoms with Crippen LogP contribution in [0.3, 0.4) is 0 Å². The highest BCUT2D eigenvalue weighted by Gasteiger charge is 2.49. The van der Waals surface area contributed by atoms with Crippen molar-refractivity contribution < 1.29 is 29.3 Å². The lowest BCUT2D eigenvalue weighted by atomic mass is 9.64. The molecule has 0 bridgehead atoms. The molecule has 1 aromatic rings. The smallest absolute Gasteiger partial charge is 0.337 e. The zero-order valence-electron chi connectivity index (χ0n) is 14.7. The summed E-state index contributed by atoms with van der Waals surface area (Å²) in [6.07, 6.45) is -0.164. The SMILES string of the molecule is COC(=O)c1ccc([C@H]2C(C(C)=O)=C(O)C[C@](C)(O)[C@H]2C(C)=O)cc1. The van der Waals surface area contributed by atoms with E-state index in [9.17, 15) is 24.6 Å². The number of ketones is 2. The van der Waals surface area contributed by atoms with Gasteiger partial charge in [0.25, 0.3) is 0 Å². The largest absolute Gasteiger partial charge is 0.512 e. The van der Waals surface area contributed by atoms with E-state index in [1.54, 1.807) is 12.1 Å². The number of esters is 1. The molecule has 1 aliphatic carbocycles. The number of benzene rings is 1. The number of rotatable bonds is 4. The van der Waals surface area contributed by atoms with Crippen molar-refractivity contribution in [1.82, 2.24) is 0 Å². The molecule has 0 aliphatic heterocycles. The van der Waals surface area contributed by atoms with Crippen molar-refractivity contribution in [3.8, 4) is 0 Å². The number of carbonyl (C=O) groups excluding carboxylic acids is 3. The minimum absolute atomic E-state index is 0.123. The number of aliphatic hydroxyl groups is 2. The van der Waals surface area contributed by atoms with E-state index in [1.165, 1.54) is 40.0 Å². The quantitative estimate of drug-likeness (QED) is 0.812. The third-order valence-electron chi connectivity index (χ3n) is 4.66. The Hall–Kier alpha value is -2.47. The molecule has 0 unspecified atom stereocenters. The molecule has 1 aliphatic rings. The van der Waals surface area contributed by atoms with Gasteiger partial charge in [-0.1, -0.05) is 12.1 Å². The van der Waals surface area contributed by atoms with Crippen LogP contribution >= 0.6 is 0 Å². The maximum Gasteiger partial charge on any atom is 0.337 e. The lowest BCUT2D eigenvalue weighted by molar-refractivity contribution is -0.132. The van der Waals surface area contributed by atoms with Crippen LogP contribution in [0.15, 0.2) is 35.6 Å². The van der Waals surface area contributed by atoms with E-state index in [4.69, 9.17) is 0 Å². The summed E-state index contributed by atoms with van der Waals surface area (Å²) in [4.78, 5) is 35.9. The summed E-state index contributed by atoms with van der Waals surface area (Å²) in [6.45, 7) is 4.15. The van der Waals surface area contributed by atoms with Crippen molar-refractivity contribution in [3.05, 3.63) is 46.7 Å². The van der Waals surface area contributed by atoms with Crippen molar-refractivity contribution >= 4 is 17.5 Å². The van der Waals surface area contributed by atoms with Gasteiger partial charge in [0, 0.05) is 17.9 Å². The van der Waals surface area contributed by atoms with Crippen LogP contribution in [-0.2, 0) is 14.3 Å². The molecular formula is C19H22O6. The normalized spacial score (nSPS) is 26.3. The van der Waals surface area contributed by atoms with Crippen molar-refractivity contribution in [2.75, 3.05) is 7.11 Å². The Balaban J connectivity index is 2.62. The molecule has 2 N–H and O–H groups in total. The molecule has 0 spiro atoms. The zero-order chi connectivity index (χ0) is 18.9. The van der Waals surface area contributed by atoms with Crippen molar-refractivity contribution in [2.45, 2.75) is 38.7 Å². The van der Waals surface area contributed by atoms with Crippen LogP contribution in [0.25, 0.3) is 0 Å². The second-order valence-corrected chi connectivity index (χ2v) is 6.63. The summed E-state index contributed by atoms with van der Waals surface area (Å²) in [5.74, 6) is -3.02. The van der Waals surface area contributed by atoms with E-state index >= 15 is 0 Å². The van der Waals surface area contributed by atoms with Gasteiger partial charge in [-0.05, 0) is 38.5 Å². The van der Waals surface area contributed by atoms with Crippen LogP contribution in [0.2, 0.25) is 0 Å². The first-order valence-corrected chi connectivity index (χ1v) is 7.94. The molecule has 0 fully saturated rings. The van der Waals surface area contributed by atoms with E-state index in [0.29, 0.717) is 11.1 Å². The van der Waals surface area contributed by atoms with Crippen molar-refractivity contribution in [2.24, 2.45) is 5.92 Å². The van der Waals surface area contributed by atoms with Gasteiger partial charge in [-0.2, -0.15) is 0 Å². The first-order valence-electron chi connectivity index (χ1n) is 7.94. The fraction of sp³-hybridized carbons (Fsp3) is 0.421. The summed E-state index contributed by atoms with van der Waals surface area (Å²) < 4.78 is 4.65. The van der Waals surface area contributed by atoms with Crippen LogP contribution in [0.5, 0.6) is 0 Å². The molecule has 6 nitrogen and oxygen atoms in total. The van der Waals surface area contributed by atoms with Gasteiger partial charge < -0.3 is 14.9 Å². The highest BCUT2D eigenvalue weighted by Crippen LogP contribution is 2.47. The minimum Gasteiger partial charge on any atom is -0.512 e. The second kappa shape index (κ2) is 6.80. The number of ether oxygens (including phenoxy) is 1. The van der Waals surface area contributed by atoms with Gasteiger partial charge in [0.1, 0.15) is 11.5 Å². The third-order valence-corrected chi connectivity index (χ3v) is 4.66. The van der Waals surface area contributed by atoms with Crippen molar-refractivity contribution in [3.63, 3.8) is 0 Å². The lowest BCUT2D eigenvalue weighted by Gasteiger charge is -2.42. The van der Waals surface area contributed by atoms with Crippen LogP contribution in [-0.4, -0.2) is 40.5 Å². The fourth-order valence-electron chi connectivity index (χ4n) is 3.65. The van der Waals surface area contributed by atoms with E-state index in [2.05, 4.69) is 4.74 Å². The Morgan fingerprint density at radius 2 is 1.72 bits per heavy atom. The van der Waals surface area contributed by atoms with E-state index in [1.807, 2.05) is 0 Å². The first-order chi connectivity index (χ1) is 11.6. The number of carbonyl (C=O) groups is 3. The number of aliphatic hydroxyl groups excluding tert-OH is 1. The summed E-state index contributed by atoms with van der Waals surface area (Å²) in [5.41, 5.74) is -0.478. The lowest BCUT2D eigenvalue weighted by Crippen LogP contribution is -2.47. The van der Waals surface area contributed by atoms with Crippen LogP contribution in [0, 0.1) is 5.92 Å². The van der Waals surface area contributed by atoms with E-state index in [-0.39, 0.29) is 29.3 Å². The molecule has 0 amide bonds. The Morgan fingerprint density at radius 1 is 1.16 bits per heavy atom. The van der Waals surface area contributed by atoms with Crippen LogP contribution < -0.4 is 0 Å². The fourth-order valence-corrected chi connectivity index (χ4v) is 3.65. The first kappa shape index (κ1) is 18.9. The minimum atomic E-state index is -1.49.